The molecule has 21 heavy (non-hydrogen) atoms. The lowest BCUT2D eigenvalue weighted by Crippen LogP contribution is -2.29. The molecule has 2 rings (SSSR count). The van der Waals surface area contributed by atoms with Crippen LogP contribution in [0.3, 0.4) is 0 Å². The van der Waals surface area contributed by atoms with Crippen molar-refractivity contribution in [1.29, 1.82) is 0 Å². The first-order valence-corrected chi connectivity index (χ1v) is 9.91. The SMILES string of the molecule is CC.CC.CC1CCCCC1.CCCC1CCN(C)CC1. The largest absolute Gasteiger partial charge is 0.306 e. The molecule has 1 heterocycles. The van der Waals surface area contributed by atoms with Crippen molar-refractivity contribution >= 4 is 0 Å². The lowest BCUT2D eigenvalue weighted by molar-refractivity contribution is 0.211. The van der Waals surface area contributed by atoms with E-state index in [2.05, 4.69) is 25.8 Å². The maximum atomic E-state index is 2.44. The van der Waals surface area contributed by atoms with Gasteiger partial charge in [0.2, 0.25) is 0 Å². The molecular formula is C20H45N. The Bertz CT molecular complexity index is 165. The van der Waals surface area contributed by atoms with E-state index in [0.29, 0.717) is 0 Å². The van der Waals surface area contributed by atoms with E-state index >= 15 is 0 Å². The average molecular weight is 300 g/mol. The van der Waals surface area contributed by atoms with Crippen LogP contribution in [0.2, 0.25) is 0 Å². The van der Waals surface area contributed by atoms with Gasteiger partial charge in [-0.05, 0) is 44.8 Å². The molecule has 1 aliphatic carbocycles. The molecule has 0 atom stereocenters. The average Bonchev–Trinajstić information content (AvgIpc) is 2.55. The van der Waals surface area contributed by atoms with Crippen molar-refractivity contribution in [3.05, 3.63) is 0 Å². The molecule has 2 fully saturated rings. The smallest absolute Gasteiger partial charge is 0.00191 e. The standard InChI is InChI=1S/C9H19N.C7H14.2C2H6/c1-3-4-9-5-7-10(2)8-6-9;1-7-5-3-2-4-6-7;2*1-2/h9H,3-8H2,1-2H3;7H,2-6H2,1H3;2*1-2H3. The maximum Gasteiger partial charge on any atom is -0.00191 e. The Hall–Kier alpha value is -0.0400. The minimum atomic E-state index is 1.04. The van der Waals surface area contributed by atoms with Crippen LogP contribution in [-0.4, -0.2) is 25.0 Å². The molecule has 1 heteroatoms. The fourth-order valence-corrected chi connectivity index (χ4v) is 3.07. The van der Waals surface area contributed by atoms with Crippen LogP contribution >= 0.6 is 0 Å². The second-order valence-electron chi connectivity index (χ2n) is 6.28. The third kappa shape index (κ3) is 14.7. The van der Waals surface area contributed by atoms with Crippen molar-refractivity contribution in [2.45, 2.75) is 99.3 Å². The Morgan fingerprint density at radius 2 is 1.29 bits per heavy atom. The van der Waals surface area contributed by atoms with Gasteiger partial charge in [-0.1, -0.05) is 86.5 Å². The molecular weight excluding hydrogens is 254 g/mol. The molecule has 0 amide bonds. The molecule has 1 aliphatic heterocycles. The van der Waals surface area contributed by atoms with E-state index in [-0.39, 0.29) is 0 Å². The van der Waals surface area contributed by atoms with E-state index in [1.54, 1.807) is 0 Å². The van der Waals surface area contributed by atoms with Crippen molar-refractivity contribution in [3.8, 4) is 0 Å². The number of likely N-dealkylation sites (tertiary alicyclic amines) is 1. The van der Waals surface area contributed by atoms with Gasteiger partial charge in [0.05, 0.1) is 0 Å². The van der Waals surface area contributed by atoms with E-state index < -0.39 is 0 Å². The molecule has 1 nitrogen and oxygen atoms in total. The highest BCUT2D eigenvalue weighted by Gasteiger charge is 2.14. The van der Waals surface area contributed by atoms with Gasteiger partial charge in [-0.3, -0.25) is 0 Å². The molecule has 1 saturated heterocycles. The summed E-state index contributed by atoms with van der Waals surface area (Å²) in [5.41, 5.74) is 0. The Morgan fingerprint density at radius 3 is 1.62 bits per heavy atom. The van der Waals surface area contributed by atoms with Crippen LogP contribution in [0.15, 0.2) is 0 Å². The molecule has 0 aromatic carbocycles. The van der Waals surface area contributed by atoms with Crippen LogP contribution < -0.4 is 0 Å². The number of nitrogens with zero attached hydrogens (tertiary/aromatic N) is 1. The molecule has 0 aromatic heterocycles. The van der Waals surface area contributed by atoms with Crippen LogP contribution in [0, 0.1) is 11.8 Å². The molecule has 1 saturated carbocycles. The molecule has 0 aromatic rings. The van der Waals surface area contributed by atoms with Gasteiger partial charge in [0, 0.05) is 0 Å². The third-order valence-electron chi connectivity index (χ3n) is 4.43. The summed E-state index contributed by atoms with van der Waals surface area (Å²) >= 11 is 0. The van der Waals surface area contributed by atoms with Crippen LogP contribution in [-0.2, 0) is 0 Å². The van der Waals surface area contributed by atoms with Crippen molar-refractivity contribution in [2.75, 3.05) is 20.1 Å². The van der Waals surface area contributed by atoms with Gasteiger partial charge in [0.15, 0.2) is 0 Å². The number of hydrogen-bond donors (Lipinski definition) is 0. The molecule has 0 spiro atoms. The van der Waals surface area contributed by atoms with Gasteiger partial charge in [-0.15, -0.1) is 0 Å². The summed E-state index contributed by atoms with van der Waals surface area (Å²) in [5, 5.41) is 0. The maximum absolute atomic E-state index is 2.44. The summed E-state index contributed by atoms with van der Waals surface area (Å²) < 4.78 is 0. The normalized spacial score (nSPS) is 20.1. The molecule has 0 bridgehead atoms. The van der Waals surface area contributed by atoms with Gasteiger partial charge in [-0.2, -0.15) is 0 Å². The number of piperidine rings is 1. The van der Waals surface area contributed by atoms with E-state index in [0.717, 1.165) is 11.8 Å². The van der Waals surface area contributed by atoms with E-state index in [1.807, 2.05) is 27.7 Å². The summed E-state index contributed by atoms with van der Waals surface area (Å²) in [7, 11) is 2.22. The molecule has 0 N–H and O–H groups in total. The lowest BCUT2D eigenvalue weighted by atomic mass is 9.91. The Balaban J connectivity index is 0. The summed E-state index contributed by atoms with van der Waals surface area (Å²) in [5.74, 6) is 2.08. The third-order valence-corrected chi connectivity index (χ3v) is 4.43. The Kier molecular flexibility index (Phi) is 19.9. The summed E-state index contributed by atoms with van der Waals surface area (Å²) in [4.78, 5) is 2.44. The monoisotopic (exact) mass is 299 g/mol. The van der Waals surface area contributed by atoms with Crippen molar-refractivity contribution in [2.24, 2.45) is 11.8 Å². The Labute approximate surface area is 136 Å². The summed E-state index contributed by atoms with van der Waals surface area (Å²) in [6.07, 6.45) is 13.1. The topological polar surface area (TPSA) is 3.24 Å². The van der Waals surface area contributed by atoms with E-state index in [1.165, 1.54) is 70.9 Å². The number of rotatable bonds is 2. The van der Waals surface area contributed by atoms with E-state index in [9.17, 15) is 0 Å². The highest BCUT2D eigenvalue weighted by atomic mass is 15.1. The van der Waals surface area contributed by atoms with Gasteiger partial charge in [0.1, 0.15) is 0 Å². The highest BCUT2D eigenvalue weighted by molar-refractivity contribution is 4.69. The quantitative estimate of drug-likeness (QED) is 0.544. The zero-order chi connectivity index (χ0) is 16.5. The number of hydrogen-bond acceptors (Lipinski definition) is 1. The van der Waals surface area contributed by atoms with Gasteiger partial charge in [0.25, 0.3) is 0 Å². The first-order valence-electron chi connectivity index (χ1n) is 9.91. The predicted octanol–water partition coefficient (Wildman–Crippen LogP) is 6.77. The second kappa shape index (κ2) is 18.0. The van der Waals surface area contributed by atoms with E-state index in [4.69, 9.17) is 0 Å². The zero-order valence-electron chi connectivity index (χ0n) is 16.4. The lowest BCUT2D eigenvalue weighted by Gasteiger charge is -2.28. The van der Waals surface area contributed by atoms with Crippen molar-refractivity contribution < 1.29 is 0 Å². The van der Waals surface area contributed by atoms with Crippen LogP contribution in [0.1, 0.15) is 99.3 Å². The fourth-order valence-electron chi connectivity index (χ4n) is 3.07. The second-order valence-corrected chi connectivity index (χ2v) is 6.28. The van der Waals surface area contributed by atoms with Gasteiger partial charge in [-0.25, -0.2) is 0 Å². The summed E-state index contributed by atoms with van der Waals surface area (Å²) in [6, 6.07) is 0. The molecule has 0 unspecified atom stereocenters. The Morgan fingerprint density at radius 1 is 0.810 bits per heavy atom. The van der Waals surface area contributed by atoms with Crippen LogP contribution in [0.25, 0.3) is 0 Å². The van der Waals surface area contributed by atoms with Gasteiger partial charge >= 0.3 is 0 Å². The minimum Gasteiger partial charge on any atom is -0.306 e. The zero-order valence-corrected chi connectivity index (χ0v) is 16.4. The van der Waals surface area contributed by atoms with Crippen molar-refractivity contribution in [1.82, 2.24) is 4.90 Å². The van der Waals surface area contributed by atoms with Crippen LogP contribution in [0.5, 0.6) is 0 Å². The minimum absolute atomic E-state index is 1.04. The van der Waals surface area contributed by atoms with Crippen LogP contribution in [0.4, 0.5) is 0 Å². The first kappa shape index (κ1) is 23.2. The molecule has 2 aliphatic rings. The molecule has 130 valence electrons. The first-order chi connectivity index (χ1) is 10.2. The predicted molar refractivity (Wildman–Crippen MR) is 100 cm³/mol. The van der Waals surface area contributed by atoms with Gasteiger partial charge < -0.3 is 4.90 Å². The summed E-state index contributed by atoms with van der Waals surface area (Å²) in [6.45, 7) is 15.3. The highest BCUT2D eigenvalue weighted by Crippen LogP contribution is 2.22. The van der Waals surface area contributed by atoms with Crippen molar-refractivity contribution in [3.63, 3.8) is 0 Å². The fraction of sp³-hybridized carbons (Fsp3) is 1.00. The molecule has 0 radical (unpaired) electrons.